The van der Waals surface area contributed by atoms with Crippen LogP contribution in [0.3, 0.4) is 0 Å². The average molecular weight is 630 g/mol. The fourth-order valence-electron chi connectivity index (χ4n) is 5.68. The van der Waals surface area contributed by atoms with Gasteiger partial charge in [-0.1, -0.05) is 180 Å². The number of carbonyl (C=O) groups excluding carboxylic acids is 1. The number of carbonyl (C=O) groups is 1. The maximum atomic E-state index is 12.4. The van der Waals surface area contributed by atoms with Gasteiger partial charge in [-0.2, -0.15) is 8.42 Å². The second-order valence-electron chi connectivity index (χ2n) is 12.9. The zero-order valence-corrected chi connectivity index (χ0v) is 29.2. The molecule has 0 spiro atoms. The molecule has 0 aliphatic rings. The van der Waals surface area contributed by atoms with Crippen LogP contribution in [0.15, 0.2) is 12.2 Å². The molecular formula is C36H71NO5S. The van der Waals surface area contributed by atoms with Gasteiger partial charge in [-0.05, 0) is 19.3 Å². The number of nitrogens with one attached hydrogen (secondary N) is 1. The quantitative estimate of drug-likeness (QED) is 0.0381. The smallest absolute Gasteiger partial charge is 0.267 e. The molecule has 2 atom stereocenters. The number of amides is 1. The van der Waals surface area contributed by atoms with E-state index in [1.807, 2.05) is 6.08 Å². The molecule has 0 rings (SSSR count). The maximum absolute atomic E-state index is 12.4. The van der Waals surface area contributed by atoms with E-state index in [0.717, 1.165) is 38.5 Å². The van der Waals surface area contributed by atoms with Crippen molar-refractivity contribution in [2.45, 2.75) is 206 Å². The Morgan fingerprint density at radius 3 is 1.33 bits per heavy atom. The summed E-state index contributed by atoms with van der Waals surface area (Å²) in [6, 6.07) is -1.05. The van der Waals surface area contributed by atoms with Crippen LogP contribution in [0.4, 0.5) is 0 Å². The Balaban J connectivity index is 3.96. The molecule has 0 aromatic rings. The van der Waals surface area contributed by atoms with E-state index in [2.05, 4.69) is 19.2 Å². The number of aliphatic hydroxyl groups is 1. The van der Waals surface area contributed by atoms with Crippen molar-refractivity contribution in [3.05, 3.63) is 12.2 Å². The molecule has 0 fully saturated rings. The van der Waals surface area contributed by atoms with E-state index in [-0.39, 0.29) is 5.91 Å². The summed E-state index contributed by atoms with van der Waals surface area (Å²) in [5, 5.41) is 13.2. The molecule has 0 heterocycles. The molecule has 0 radical (unpaired) electrons. The molecule has 3 N–H and O–H groups in total. The lowest BCUT2D eigenvalue weighted by Crippen LogP contribution is -2.46. The fraction of sp³-hybridized carbons (Fsp3) is 0.917. The van der Waals surface area contributed by atoms with Crippen LogP contribution in [-0.4, -0.2) is 41.9 Å². The largest absolute Gasteiger partial charge is 0.387 e. The van der Waals surface area contributed by atoms with Crippen molar-refractivity contribution in [2.24, 2.45) is 0 Å². The highest BCUT2D eigenvalue weighted by Gasteiger charge is 2.24. The van der Waals surface area contributed by atoms with Crippen LogP contribution in [-0.2, 0) is 14.9 Å². The van der Waals surface area contributed by atoms with Crippen LogP contribution in [0.5, 0.6) is 0 Å². The standard InChI is InChI=1S/C36H71NO5S/c1-3-5-7-9-11-13-15-17-18-19-20-21-23-25-27-29-31-35(38)34(33-43(40,41)42)37-36(39)32-30-28-26-24-22-16-14-12-10-8-6-4-2/h29,31,34-35,38H,3-28,30,32-33H2,1-2H3,(H,37,39)(H,40,41,42)/b31-29+. The van der Waals surface area contributed by atoms with Crippen molar-refractivity contribution < 1.29 is 22.9 Å². The lowest BCUT2D eigenvalue weighted by atomic mass is 10.0. The molecule has 256 valence electrons. The molecule has 0 aromatic carbocycles. The van der Waals surface area contributed by atoms with Crippen molar-refractivity contribution in [2.75, 3.05) is 5.75 Å². The number of allylic oxidation sites excluding steroid dienone is 1. The highest BCUT2D eigenvalue weighted by atomic mass is 32.2. The maximum Gasteiger partial charge on any atom is 0.267 e. The summed E-state index contributed by atoms with van der Waals surface area (Å²) < 4.78 is 32.3. The molecule has 6 nitrogen and oxygen atoms in total. The zero-order chi connectivity index (χ0) is 31.9. The third-order valence-corrected chi connectivity index (χ3v) is 9.24. The second kappa shape index (κ2) is 31.1. The topological polar surface area (TPSA) is 104 Å². The summed E-state index contributed by atoms with van der Waals surface area (Å²) >= 11 is 0. The SMILES string of the molecule is CCCCCCCCCCCCCCCC/C=C/C(O)C(CS(=O)(=O)O)NC(=O)CCCCCCCCCCCCCC. The molecule has 0 aliphatic carbocycles. The number of hydrogen-bond acceptors (Lipinski definition) is 4. The number of unbranched alkanes of at least 4 members (excludes halogenated alkanes) is 25. The molecular weight excluding hydrogens is 558 g/mol. The minimum absolute atomic E-state index is 0.278. The van der Waals surface area contributed by atoms with Crippen molar-refractivity contribution in [1.29, 1.82) is 0 Å². The van der Waals surface area contributed by atoms with E-state index in [1.165, 1.54) is 135 Å². The molecule has 7 heteroatoms. The normalized spacial score (nSPS) is 13.5. The van der Waals surface area contributed by atoms with Gasteiger partial charge in [-0.3, -0.25) is 9.35 Å². The Bertz CT molecular complexity index is 740. The predicted molar refractivity (Wildman–Crippen MR) is 184 cm³/mol. The van der Waals surface area contributed by atoms with Crippen molar-refractivity contribution in [3.8, 4) is 0 Å². The van der Waals surface area contributed by atoms with Gasteiger partial charge in [-0.25, -0.2) is 0 Å². The van der Waals surface area contributed by atoms with Gasteiger partial charge in [0, 0.05) is 6.42 Å². The van der Waals surface area contributed by atoms with Crippen LogP contribution < -0.4 is 5.32 Å². The number of hydrogen-bond donors (Lipinski definition) is 3. The van der Waals surface area contributed by atoms with Gasteiger partial charge < -0.3 is 10.4 Å². The summed E-state index contributed by atoms with van der Waals surface area (Å²) in [6.45, 7) is 4.50. The van der Waals surface area contributed by atoms with E-state index in [1.54, 1.807) is 6.08 Å². The molecule has 2 unspecified atom stereocenters. The van der Waals surface area contributed by atoms with Crippen LogP contribution in [0.2, 0.25) is 0 Å². The Morgan fingerprint density at radius 2 is 0.953 bits per heavy atom. The molecule has 0 saturated heterocycles. The van der Waals surface area contributed by atoms with Gasteiger partial charge in [0.15, 0.2) is 0 Å². The Morgan fingerprint density at radius 1 is 0.605 bits per heavy atom. The fourth-order valence-corrected chi connectivity index (χ4v) is 6.42. The highest BCUT2D eigenvalue weighted by molar-refractivity contribution is 7.85. The summed E-state index contributed by atoms with van der Waals surface area (Å²) in [5.41, 5.74) is 0. The zero-order valence-electron chi connectivity index (χ0n) is 28.3. The van der Waals surface area contributed by atoms with Crippen molar-refractivity contribution in [1.82, 2.24) is 5.32 Å². The summed E-state index contributed by atoms with van der Waals surface area (Å²) in [7, 11) is -4.33. The molecule has 0 aromatic heterocycles. The Hall–Kier alpha value is -0.920. The van der Waals surface area contributed by atoms with E-state index in [0.29, 0.717) is 6.42 Å². The van der Waals surface area contributed by atoms with Gasteiger partial charge in [0.05, 0.1) is 17.9 Å². The van der Waals surface area contributed by atoms with Gasteiger partial charge >= 0.3 is 0 Å². The first-order valence-electron chi connectivity index (χ1n) is 18.4. The van der Waals surface area contributed by atoms with E-state index >= 15 is 0 Å². The Labute approximate surface area is 267 Å². The first kappa shape index (κ1) is 42.1. The molecule has 43 heavy (non-hydrogen) atoms. The molecule has 0 bridgehead atoms. The third kappa shape index (κ3) is 32.3. The van der Waals surface area contributed by atoms with Gasteiger partial charge in [0.25, 0.3) is 10.1 Å². The van der Waals surface area contributed by atoms with Crippen molar-refractivity contribution >= 4 is 16.0 Å². The predicted octanol–water partition coefficient (Wildman–Crippen LogP) is 10.2. The minimum Gasteiger partial charge on any atom is -0.387 e. The van der Waals surface area contributed by atoms with E-state index in [9.17, 15) is 22.9 Å². The third-order valence-electron chi connectivity index (χ3n) is 8.46. The van der Waals surface area contributed by atoms with Crippen LogP contribution in [0, 0.1) is 0 Å². The summed E-state index contributed by atoms with van der Waals surface area (Å²) in [4.78, 5) is 12.4. The molecule has 0 saturated carbocycles. The number of rotatable bonds is 33. The first-order chi connectivity index (χ1) is 20.8. The lowest BCUT2D eigenvalue weighted by molar-refractivity contribution is -0.122. The van der Waals surface area contributed by atoms with E-state index in [4.69, 9.17) is 0 Å². The number of aliphatic hydroxyl groups excluding tert-OH is 1. The van der Waals surface area contributed by atoms with Crippen LogP contribution in [0.1, 0.15) is 194 Å². The first-order valence-corrected chi connectivity index (χ1v) is 20.0. The Kier molecular flexibility index (Phi) is 30.4. The molecule has 0 aliphatic heterocycles. The summed E-state index contributed by atoms with van der Waals surface area (Å²) in [6.07, 6.45) is 36.2. The van der Waals surface area contributed by atoms with Crippen molar-refractivity contribution in [3.63, 3.8) is 0 Å². The van der Waals surface area contributed by atoms with E-state index < -0.39 is 28.0 Å². The van der Waals surface area contributed by atoms with Crippen LogP contribution in [0.25, 0.3) is 0 Å². The molecule has 1 amide bonds. The monoisotopic (exact) mass is 630 g/mol. The van der Waals surface area contributed by atoms with Gasteiger partial charge in [-0.15, -0.1) is 0 Å². The van der Waals surface area contributed by atoms with Gasteiger partial charge in [0.1, 0.15) is 0 Å². The second-order valence-corrected chi connectivity index (χ2v) is 14.4. The highest BCUT2D eigenvalue weighted by Crippen LogP contribution is 2.15. The average Bonchev–Trinajstić information content (AvgIpc) is 2.96. The van der Waals surface area contributed by atoms with Gasteiger partial charge in [0.2, 0.25) is 5.91 Å². The lowest BCUT2D eigenvalue weighted by Gasteiger charge is -2.21. The summed E-state index contributed by atoms with van der Waals surface area (Å²) in [5.74, 6) is -0.971. The van der Waals surface area contributed by atoms with Crippen LogP contribution >= 0.6 is 0 Å². The minimum atomic E-state index is -4.33.